The van der Waals surface area contributed by atoms with Crippen molar-refractivity contribution in [2.24, 2.45) is 0 Å². The molecule has 1 rings (SSSR count). The third-order valence-corrected chi connectivity index (χ3v) is 12.0. The van der Waals surface area contributed by atoms with Gasteiger partial charge in [0.25, 0.3) is 0 Å². The van der Waals surface area contributed by atoms with Gasteiger partial charge in [0.1, 0.15) is 8.24 Å². The molecule has 7 heteroatoms. The minimum absolute atomic E-state index is 0.0212. The number of hydrogen-bond acceptors (Lipinski definition) is 3. The molecule has 0 aliphatic rings. The van der Waals surface area contributed by atoms with Gasteiger partial charge in [-0.3, -0.25) is 0 Å². The standard InChI is InChI=1S/C16H26N2O3SSi/c1-15(2,3)23(7,8)18-22(20,21)14-10-12(16(4,5)19)9-13(11-14)17-6/h9-11,18-19H,1-5,7-8H3. The molecule has 1 aromatic carbocycles. The quantitative estimate of drug-likeness (QED) is 0.639. The predicted molar refractivity (Wildman–Crippen MR) is 95.5 cm³/mol. The molecule has 128 valence electrons. The molecule has 0 saturated carbocycles. The molecule has 0 aromatic heterocycles. The summed E-state index contributed by atoms with van der Waals surface area (Å²) in [6.45, 7) is 20.2. The van der Waals surface area contributed by atoms with Gasteiger partial charge in [0.2, 0.25) is 10.0 Å². The van der Waals surface area contributed by atoms with Crippen LogP contribution in [0.3, 0.4) is 0 Å². The molecule has 0 saturated heterocycles. The molecule has 1 aromatic rings. The van der Waals surface area contributed by atoms with Gasteiger partial charge in [-0.05, 0) is 36.6 Å². The number of nitrogens with zero attached hydrogens (tertiary/aromatic N) is 1. The summed E-state index contributed by atoms with van der Waals surface area (Å²) in [6, 6.07) is 4.29. The highest BCUT2D eigenvalue weighted by molar-refractivity contribution is 7.91. The average molecular weight is 355 g/mol. The van der Waals surface area contributed by atoms with E-state index in [0.717, 1.165) is 0 Å². The first-order valence-electron chi connectivity index (χ1n) is 7.39. The van der Waals surface area contributed by atoms with E-state index in [2.05, 4.69) is 9.23 Å². The van der Waals surface area contributed by atoms with Crippen LogP contribution in [-0.2, 0) is 15.6 Å². The molecule has 23 heavy (non-hydrogen) atoms. The normalized spacial score (nSPS) is 13.7. The van der Waals surface area contributed by atoms with Crippen LogP contribution >= 0.6 is 0 Å². The summed E-state index contributed by atoms with van der Waals surface area (Å²) in [6.07, 6.45) is 0. The van der Waals surface area contributed by atoms with Crippen molar-refractivity contribution in [1.29, 1.82) is 0 Å². The zero-order valence-corrected chi connectivity index (χ0v) is 16.7. The Morgan fingerprint density at radius 2 is 1.65 bits per heavy atom. The maximum absolute atomic E-state index is 12.8. The summed E-state index contributed by atoms with van der Waals surface area (Å²) >= 11 is 0. The minimum Gasteiger partial charge on any atom is -0.386 e. The molecule has 0 fully saturated rings. The Labute approximate surface area is 140 Å². The number of sulfonamides is 1. The molecule has 0 bridgehead atoms. The first kappa shape index (κ1) is 19.8. The van der Waals surface area contributed by atoms with E-state index in [4.69, 9.17) is 6.57 Å². The summed E-state index contributed by atoms with van der Waals surface area (Å²) in [4.78, 5) is 3.34. The fraction of sp³-hybridized carbons (Fsp3) is 0.562. The van der Waals surface area contributed by atoms with Gasteiger partial charge in [0.15, 0.2) is 5.69 Å². The molecule has 0 radical (unpaired) electrons. The zero-order valence-electron chi connectivity index (χ0n) is 14.9. The van der Waals surface area contributed by atoms with E-state index in [1.165, 1.54) is 18.2 Å². The van der Waals surface area contributed by atoms with Gasteiger partial charge in [-0.15, -0.1) is 0 Å². The number of hydrogen-bond donors (Lipinski definition) is 2. The highest BCUT2D eigenvalue weighted by Crippen LogP contribution is 2.35. The highest BCUT2D eigenvalue weighted by Gasteiger charge is 2.39. The Kier molecular flexibility index (Phi) is 5.19. The highest BCUT2D eigenvalue weighted by atomic mass is 32.2. The number of rotatable bonds is 4. The first-order valence-corrected chi connectivity index (χ1v) is 11.9. The lowest BCUT2D eigenvalue weighted by Crippen LogP contribution is -2.54. The Morgan fingerprint density at radius 3 is 2.04 bits per heavy atom. The fourth-order valence-electron chi connectivity index (χ4n) is 1.70. The summed E-state index contributed by atoms with van der Waals surface area (Å²) in [5, 5.41) is 10.00. The van der Waals surface area contributed by atoms with Crippen molar-refractivity contribution in [3.8, 4) is 0 Å². The van der Waals surface area contributed by atoms with Crippen molar-refractivity contribution in [2.75, 3.05) is 0 Å². The SMILES string of the molecule is [C-]#[N+]c1cc(C(C)(C)O)cc(S(=O)(=O)N[Si](C)(C)C(C)(C)C)c1. The summed E-state index contributed by atoms with van der Waals surface area (Å²) < 4.78 is 28.4. The van der Waals surface area contributed by atoms with E-state index < -0.39 is 23.9 Å². The maximum atomic E-state index is 12.8. The number of benzene rings is 1. The Morgan fingerprint density at radius 1 is 1.13 bits per heavy atom. The smallest absolute Gasteiger partial charge is 0.233 e. The second kappa shape index (κ2) is 6.02. The van der Waals surface area contributed by atoms with Crippen LogP contribution in [0.4, 0.5) is 5.69 Å². The van der Waals surface area contributed by atoms with E-state index in [1.807, 2.05) is 33.9 Å². The largest absolute Gasteiger partial charge is 0.386 e. The first-order chi connectivity index (χ1) is 10.1. The number of aliphatic hydroxyl groups is 1. The van der Waals surface area contributed by atoms with Gasteiger partial charge in [0, 0.05) is 0 Å². The van der Waals surface area contributed by atoms with Gasteiger partial charge in [-0.1, -0.05) is 39.9 Å². The van der Waals surface area contributed by atoms with Gasteiger partial charge in [-0.2, -0.15) is 0 Å². The summed E-state index contributed by atoms with van der Waals surface area (Å²) in [5.41, 5.74) is -0.621. The summed E-state index contributed by atoms with van der Waals surface area (Å²) in [7, 11) is -6.05. The second-order valence-corrected chi connectivity index (χ2v) is 14.9. The molecule has 0 heterocycles. The average Bonchev–Trinajstić information content (AvgIpc) is 2.34. The molecule has 0 aliphatic heterocycles. The van der Waals surface area contributed by atoms with Crippen molar-refractivity contribution in [3.05, 3.63) is 35.2 Å². The van der Waals surface area contributed by atoms with E-state index >= 15 is 0 Å². The zero-order chi connectivity index (χ0) is 18.3. The van der Waals surface area contributed by atoms with Crippen molar-refractivity contribution < 1.29 is 13.5 Å². The maximum Gasteiger partial charge on any atom is 0.233 e. The van der Waals surface area contributed by atoms with Crippen LogP contribution in [-0.4, -0.2) is 21.8 Å². The lowest BCUT2D eigenvalue weighted by molar-refractivity contribution is 0.0784. The molecular weight excluding hydrogens is 328 g/mol. The Bertz CT molecular complexity index is 736. The van der Waals surface area contributed by atoms with Crippen LogP contribution in [0, 0.1) is 6.57 Å². The summed E-state index contributed by atoms with van der Waals surface area (Å²) in [5.74, 6) is 0. The van der Waals surface area contributed by atoms with Crippen LogP contribution in [0.2, 0.25) is 18.1 Å². The topological polar surface area (TPSA) is 70.8 Å². The lowest BCUT2D eigenvalue weighted by Gasteiger charge is -2.36. The molecular formula is C16H26N2O3SSi. The van der Waals surface area contributed by atoms with Gasteiger partial charge >= 0.3 is 0 Å². The van der Waals surface area contributed by atoms with Crippen LogP contribution < -0.4 is 4.39 Å². The molecule has 0 spiro atoms. The molecule has 5 nitrogen and oxygen atoms in total. The van der Waals surface area contributed by atoms with Crippen LogP contribution in [0.5, 0.6) is 0 Å². The van der Waals surface area contributed by atoms with Crippen molar-refractivity contribution in [1.82, 2.24) is 4.39 Å². The van der Waals surface area contributed by atoms with Crippen molar-refractivity contribution in [2.45, 2.75) is 63.2 Å². The Balaban J connectivity index is 3.43. The lowest BCUT2D eigenvalue weighted by atomic mass is 9.98. The minimum atomic E-state index is -3.76. The second-order valence-electron chi connectivity index (χ2n) is 7.87. The third kappa shape index (κ3) is 4.64. The predicted octanol–water partition coefficient (Wildman–Crippen LogP) is 3.75. The monoisotopic (exact) mass is 354 g/mol. The fourth-order valence-corrected chi connectivity index (χ4v) is 6.65. The Hall–Kier alpha value is -1.20. The third-order valence-electron chi connectivity index (χ3n) is 4.30. The van der Waals surface area contributed by atoms with E-state index in [-0.39, 0.29) is 15.6 Å². The molecule has 0 amide bonds. The van der Waals surface area contributed by atoms with Gasteiger partial charge < -0.3 is 5.11 Å². The van der Waals surface area contributed by atoms with E-state index in [0.29, 0.717) is 5.56 Å². The molecule has 0 unspecified atom stereocenters. The molecule has 2 N–H and O–H groups in total. The van der Waals surface area contributed by atoms with Crippen molar-refractivity contribution >= 4 is 23.9 Å². The van der Waals surface area contributed by atoms with Gasteiger partial charge in [0.05, 0.1) is 17.1 Å². The van der Waals surface area contributed by atoms with Crippen LogP contribution in [0.1, 0.15) is 40.2 Å². The van der Waals surface area contributed by atoms with Crippen molar-refractivity contribution in [3.63, 3.8) is 0 Å². The van der Waals surface area contributed by atoms with Crippen LogP contribution in [0.15, 0.2) is 23.1 Å². The van der Waals surface area contributed by atoms with Gasteiger partial charge in [-0.25, -0.2) is 17.7 Å². The van der Waals surface area contributed by atoms with E-state index in [9.17, 15) is 13.5 Å². The molecule has 0 atom stereocenters. The van der Waals surface area contributed by atoms with Crippen LogP contribution in [0.25, 0.3) is 4.85 Å². The number of nitrogens with one attached hydrogen (secondary N) is 1. The van der Waals surface area contributed by atoms with E-state index in [1.54, 1.807) is 13.8 Å². The molecule has 0 aliphatic carbocycles.